The van der Waals surface area contributed by atoms with Gasteiger partial charge in [0, 0.05) is 17.8 Å². The minimum Gasteiger partial charge on any atom is -0.359 e. The summed E-state index contributed by atoms with van der Waals surface area (Å²) in [6.45, 7) is 4.42. The van der Waals surface area contributed by atoms with Gasteiger partial charge in [-0.1, -0.05) is 12.1 Å². The second-order valence-corrected chi connectivity index (χ2v) is 4.09. The molecule has 0 aliphatic carbocycles. The molecule has 0 unspecified atom stereocenters. The highest BCUT2D eigenvalue weighted by molar-refractivity contribution is 5.87. The predicted octanol–water partition coefficient (Wildman–Crippen LogP) is 2.67. The topological polar surface area (TPSA) is 44.9 Å². The second kappa shape index (κ2) is 4.87. The van der Waals surface area contributed by atoms with E-state index in [1.807, 2.05) is 26.0 Å². The van der Waals surface area contributed by atoms with Crippen LogP contribution in [0.3, 0.4) is 0 Å². The van der Waals surface area contributed by atoms with E-state index in [9.17, 15) is 4.79 Å². The maximum atomic E-state index is 11.3. The quantitative estimate of drug-likeness (QED) is 0.779. The summed E-state index contributed by atoms with van der Waals surface area (Å²) in [6, 6.07) is 8.26. The highest BCUT2D eigenvalue weighted by Crippen LogP contribution is 2.16. The van der Waals surface area contributed by atoms with Crippen LogP contribution in [-0.4, -0.2) is 10.9 Å². The smallest absolute Gasteiger partial charge is 0.243 e. The molecule has 0 aliphatic rings. The molecular formula is C14H16N2O. The number of hydrogen-bond donors (Lipinski definition) is 2. The van der Waals surface area contributed by atoms with Crippen molar-refractivity contribution < 1.29 is 4.79 Å². The van der Waals surface area contributed by atoms with Crippen molar-refractivity contribution >= 4 is 16.8 Å². The third-order valence-electron chi connectivity index (χ3n) is 2.60. The first kappa shape index (κ1) is 11.5. The Morgan fingerprint density at radius 2 is 2.24 bits per heavy atom. The van der Waals surface area contributed by atoms with Gasteiger partial charge in [0.25, 0.3) is 0 Å². The second-order valence-electron chi connectivity index (χ2n) is 4.09. The summed E-state index contributed by atoms with van der Waals surface area (Å²) in [5.74, 6) is -0.0575. The zero-order valence-electron chi connectivity index (χ0n) is 10.1. The number of benzene rings is 1. The molecule has 2 aromatic rings. The molecule has 0 radical (unpaired) electrons. The van der Waals surface area contributed by atoms with Crippen LogP contribution >= 0.6 is 0 Å². The minimum absolute atomic E-state index is 0.0575. The number of fused-ring (bicyclic) bond motifs is 1. The highest BCUT2D eigenvalue weighted by atomic mass is 16.1. The third-order valence-corrected chi connectivity index (χ3v) is 2.60. The number of carbonyl (C=O) groups excluding carboxylic acids is 1. The van der Waals surface area contributed by atoms with Crippen LogP contribution in [0.25, 0.3) is 10.9 Å². The van der Waals surface area contributed by atoms with Crippen LogP contribution in [0, 0.1) is 6.92 Å². The molecule has 0 saturated heterocycles. The number of nitrogens with one attached hydrogen (secondary N) is 2. The molecule has 0 saturated carbocycles. The number of carbonyl (C=O) groups is 1. The zero-order valence-corrected chi connectivity index (χ0v) is 10.1. The largest absolute Gasteiger partial charge is 0.359 e. The first-order chi connectivity index (χ1) is 8.19. The molecule has 88 valence electrons. The molecule has 1 amide bonds. The predicted molar refractivity (Wildman–Crippen MR) is 69.7 cm³/mol. The monoisotopic (exact) mass is 228 g/mol. The van der Waals surface area contributed by atoms with E-state index in [0.717, 1.165) is 16.8 Å². The Bertz CT molecular complexity index is 567. The Morgan fingerprint density at radius 1 is 1.41 bits per heavy atom. The van der Waals surface area contributed by atoms with E-state index in [4.69, 9.17) is 0 Å². The number of aromatic nitrogens is 1. The van der Waals surface area contributed by atoms with Crippen molar-refractivity contribution in [1.82, 2.24) is 10.3 Å². The third kappa shape index (κ3) is 2.75. The van der Waals surface area contributed by atoms with Crippen molar-refractivity contribution in [3.05, 3.63) is 47.7 Å². The van der Waals surface area contributed by atoms with E-state index in [1.54, 1.807) is 6.08 Å². The van der Waals surface area contributed by atoms with Crippen LogP contribution in [0.2, 0.25) is 0 Å². The number of aryl methyl sites for hydroxylation is 1. The van der Waals surface area contributed by atoms with Gasteiger partial charge in [0.2, 0.25) is 5.91 Å². The van der Waals surface area contributed by atoms with Gasteiger partial charge in [-0.3, -0.25) is 4.79 Å². The molecule has 1 heterocycles. The molecule has 3 nitrogen and oxygen atoms in total. The Labute approximate surface area is 101 Å². The zero-order chi connectivity index (χ0) is 12.3. The van der Waals surface area contributed by atoms with Gasteiger partial charge in [-0.15, -0.1) is 0 Å². The van der Waals surface area contributed by atoms with E-state index in [0.29, 0.717) is 6.54 Å². The lowest BCUT2D eigenvalue weighted by Gasteiger charge is -2.02. The Hall–Kier alpha value is -2.03. The number of amides is 1. The molecule has 0 aliphatic heterocycles. The van der Waals surface area contributed by atoms with E-state index in [-0.39, 0.29) is 5.91 Å². The SMILES string of the molecule is C/C=C\C(=O)NCc1ccc2[nH]c(C)cc2c1. The van der Waals surface area contributed by atoms with Crippen molar-refractivity contribution in [2.24, 2.45) is 0 Å². The van der Waals surface area contributed by atoms with Crippen LogP contribution < -0.4 is 5.32 Å². The van der Waals surface area contributed by atoms with Gasteiger partial charge in [-0.05, 0) is 49.1 Å². The van der Waals surface area contributed by atoms with Crippen molar-refractivity contribution in [3.63, 3.8) is 0 Å². The Kier molecular flexibility index (Phi) is 3.28. The minimum atomic E-state index is -0.0575. The van der Waals surface area contributed by atoms with Crippen molar-refractivity contribution in [1.29, 1.82) is 0 Å². The Morgan fingerprint density at radius 3 is 3.00 bits per heavy atom. The van der Waals surface area contributed by atoms with Gasteiger partial charge in [0.15, 0.2) is 0 Å². The van der Waals surface area contributed by atoms with Crippen molar-refractivity contribution in [2.45, 2.75) is 20.4 Å². The molecular weight excluding hydrogens is 212 g/mol. The number of allylic oxidation sites excluding steroid dienone is 1. The molecule has 3 heteroatoms. The lowest BCUT2D eigenvalue weighted by molar-refractivity contribution is -0.116. The maximum absolute atomic E-state index is 11.3. The summed E-state index contributed by atoms with van der Waals surface area (Å²) in [4.78, 5) is 14.6. The summed E-state index contributed by atoms with van der Waals surface area (Å²) in [5, 5.41) is 4.02. The molecule has 0 fully saturated rings. The summed E-state index contributed by atoms with van der Waals surface area (Å²) >= 11 is 0. The molecule has 0 bridgehead atoms. The van der Waals surface area contributed by atoms with Crippen molar-refractivity contribution in [3.8, 4) is 0 Å². The first-order valence-electron chi connectivity index (χ1n) is 5.68. The van der Waals surface area contributed by atoms with Gasteiger partial charge >= 0.3 is 0 Å². The van der Waals surface area contributed by atoms with Gasteiger partial charge < -0.3 is 10.3 Å². The lowest BCUT2D eigenvalue weighted by atomic mass is 10.1. The summed E-state index contributed by atoms with van der Waals surface area (Å²) < 4.78 is 0. The van der Waals surface area contributed by atoms with Gasteiger partial charge in [0.1, 0.15) is 0 Å². The lowest BCUT2D eigenvalue weighted by Crippen LogP contribution is -2.20. The maximum Gasteiger partial charge on any atom is 0.243 e. The number of rotatable bonds is 3. The summed E-state index contributed by atoms with van der Waals surface area (Å²) in [6.07, 6.45) is 3.26. The molecule has 0 atom stereocenters. The van der Waals surface area contributed by atoms with Gasteiger partial charge in [-0.25, -0.2) is 0 Å². The molecule has 2 N–H and O–H groups in total. The van der Waals surface area contributed by atoms with Crippen LogP contribution in [0.1, 0.15) is 18.2 Å². The standard InChI is InChI=1S/C14H16N2O/c1-3-4-14(17)15-9-11-5-6-13-12(8-11)7-10(2)16-13/h3-8,16H,9H2,1-2H3,(H,15,17)/b4-3-. The average molecular weight is 228 g/mol. The fourth-order valence-corrected chi connectivity index (χ4v) is 1.84. The molecule has 1 aromatic carbocycles. The summed E-state index contributed by atoms with van der Waals surface area (Å²) in [5.41, 5.74) is 3.38. The van der Waals surface area contributed by atoms with E-state index in [1.165, 1.54) is 11.5 Å². The highest BCUT2D eigenvalue weighted by Gasteiger charge is 2.00. The van der Waals surface area contributed by atoms with Crippen LogP contribution in [0.4, 0.5) is 0 Å². The fourth-order valence-electron chi connectivity index (χ4n) is 1.84. The van der Waals surface area contributed by atoms with Crippen molar-refractivity contribution in [2.75, 3.05) is 0 Å². The Balaban J connectivity index is 2.11. The van der Waals surface area contributed by atoms with E-state index in [2.05, 4.69) is 22.4 Å². The molecule has 1 aromatic heterocycles. The van der Waals surface area contributed by atoms with Crippen LogP contribution in [-0.2, 0) is 11.3 Å². The molecule has 0 spiro atoms. The van der Waals surface area contributed by atoms with Crippen LogP contribution in [0.5, 0.6) is 0 Å². The summed E-state index contributed by atoms with van der Waals surface area (Å²) in [7, 11) is 0. The number of hydrogen-bond acceptors (Lipinski definition) is 1. The first-order valence-corrected chi connectivity index (χ1v) is 5.68. The normalized spacial score (nSPS) is 11.2. The van der Waals surface area contributed by atoms with Crippen LogP contribution in [0.15, 0.2) is 36.4 Å². The van der Waals surface area contributed by atoms with E-state index < -0.39 is 0 Å². The van der Waals surface area contributed by atoms with Gasteiger partial charge in [-0.2, -0.15) is 0 Å². The van der Waals surface area contributed by atoms with E-state index >= 15 is 0 Å². The fraction of sp³-hybridized carbons (Fsp3) is 0.214. The average Bonchev–Trinajstić information content (AvgIpc) is 2.66. The van der Waals surface area contributed by atoms with Gasteiger partial charge in [0.05, 0.1) is 0 Å². The number of aromatic amines is 1. The number of H-pyrrole nitrogens is 1. The molecule has 17 heavy (non-hydrogen) atoms. The molecule has 2 rings (SSSR count).